The maximum absolute atomic E-state index is 4.57. The molecule has 2 heteroatoms. The summed E-state index contributed by atoms with van der Waals surface area (Å²) in [5.41, 5.74) is 0. The second kappa shape index (κ2) is 2.51. The van der Waals surface area contributed by atoms with Gasteiger partial charge in [0.1, 0.15) is 0 Å². The lowest BCUT2D eigenvalue weighted by molar-refractivity contribution is 0.501. The molecule has 0 spiro atoms. The van der Waals surface area contributed by atoms with Crippen molar-refractivity contribution < 1.29 is 0 Å². The van der Waals surface area contributed by atoms with Crippen LogP contribution in [0.15, 0.2) is 0 Å². The van der Waals surface area contributed by atoms with Gasteiger partial charge in [0.05, 0.1) is 0 Å². The van der Waals surface area contributed by atoms with Gasteiger partial charge in [-0.25, -0.2) is 5.32 Å². The van der Waals surface area contributed by atoms with Crippen molar-refractivity contribution in [3.05, 3.63) is 0 Å². The number of hydrogen-bond acceptors (Lipinski definition) is 1. The van der Waals surface area contributed by atoms with Crippen LogP contribution in [0.4, 0.5) is 0 Å². The molecule has 0 N–H and O–H groups in total. The maximum atomic E-state index is 4.57. The van der Waals surface area contributed by atoms with Gasteiger partial charge in [0.15, 0.2) is 0 Å². The van der Waals surface area contributed by atoms with Crippen molar-refractivity contribution in [3.63, 3.8) is 0 Å². The molecule has 1 aliphatic carbocycles. The SMILES string of the molecule is C1CSCC(C2CC2)[N]1. The van der Waals surface area contributed by atoms with Crippen LogP contribution >= 0.6 is 11.8 Å². The molecule has 0 amide bonds. The summed E-state index contributed by atoms with van der Waals surface area (Å²) in [6.45, 7) is 1.12. The van der Waals surface area contributed by atoms with E-state index < -0.39 is 0 Å². The summed E-state index contributed by atoms with van der Waals surface area (Å²) in [6.07, 6.45) is 2.91. The van der Waals surface area contributed by atoms with Crippen LogP contribution in [0.2, 0.25) is 0 Å². The van der Waals surface area contributed by atoms with Gasteiger partial charge < -0.3 is 0 Å². The molecule has 2 rings (SSSR count). The van der Waals surface area contributed by atoms with Gasteiger partial charge in [0.2, 0.25) is 0 Å². The lowest BCUT2D eigenvalue weighted by atomic mass is 10.2. The second-order valence-electron chi connectivity index (χ2n) is 2.89. The fourth-order valence-electron chi connectivity index (χ4n) is 1.31. The molecule has 1 unspecified atom stereocenters. The molecule has 1 heterocycles. The highest BCUT2D eigenvalue weighted by Gasteiger charge is 2.32. The second-order valence-corrected chi connectivity index (χ2v) is 4.04. The van der Waals surface area contributed by atoms with Crippen LogP contribution in [0.5, 0.6) is 0 Å². The van der Waals surface area contributed by atoms with Crippen molar-refractivity contribution >= 4 is 11.8 Å². The molecule has 9 heavy (non-hydrogen) atoms. The Balaban J connectivity index is 1.80. The van der Waals surface area contributed by atoms with Crippen LogP contribution in [0, 0.1) is 5.92 Å². The van der Waals surface area contributed by atoms with Crippen molar-refractivity contribution in [1.82, 2.24) is 5.32 Å². The predicted octanol–water partition coefficient (Wildman–Crippen LogP) is 1.12. The Morgan fingerprint density at radius 2 is 2.22 bits per heavy atom. The quantitative estimate of drug-likeness (QED) is 0.535. The Hall–Kier alpha value is 0.310. The summed E-state index contributed by atoms with van der Waals surface area (Å²) in [7, 11) is 0. The molecule has 0 aromatic heterocycles. The van der Waals surface area contributed by atoms with Crippen LogP contribution in [-0.4, -0.2) is 24.1 Å². The zero-order valence-electron chi connectivity index (χ0n) is 5.55. The summed E-state index contributed by atoms with van der Waals surface area (Å²) >= 11 is 2.08. The van der Waals surface area contributed by atoms with E-state index in [0.717, 1.165) is 18.5 Å². The number of thioether (sulfide) groups is 1. The molecule has 2 aliphatic rings. The molecule has 0 aromatic carbocycles. The van der Waals surface area contributed by atoms with Crippen LogP contribution in [-0.2, 0) is 0 Å². The predicted molar refractivity (Wildman–Crippen MR) is 40.8 cm³/mol. The van der Waals surface area contributed by atoms with Crippen LogP contribution in [0.1, 0.15) is 12.8 Å². The van der Waals surface area contributed by atoms with Gasteiger partial charge in [-0.05, 0) is 18.8 Å². The first kappa shape index (κ1) is 6.05. The Morgan fingerprint density at radius 3 is 2.78 bits per heavy atom. The van der Waals surface area contributed by atoms with Gasteiger partial charge in [-0.15, -0.1) is 0 Å². The molecule has 1 saturated carbocycles. The monoisotopic (exact) mass is 142 g/mol. The van der Waals surface area contributed by atoms with Gasteiger partial charge in [-0.1, -0.05) is 0 Å². The van der Waals surface area contributed by atoms with E-state index in [4.69, 9.17) is 0 Å². The third kappa shape index (κ3) is 1.41. The zero-order valence-corrected chi connectivity index (χ0v) is 6.36. The van der Waals surface area contributed by atoms with Crippen LogP contribution < -0.4 is 5.32 Å². The fraction of sp³-hybridized carbons (Fsp3) is 1.00. The third-order valence-corrected chi connectivity index (χ3v) is 3.10. The zero-order chi connectivity index (χ0) is 6.10. The minimum Gasteiger partial charge on any atom is -0.236 e. The minimum absolute atomic E-state index is 0.753. The number of nitrogens with zero attached hydrogens (tertiary/aromatic N) is 1. The third-order valence-electron chi connectivity index (χ3n) is 2.05. The summed E-state index contributed by atoms with van der Waals surface area (Å²) in [5, 5.41) is 4.57. The van der Waals surface area contributed by atoms with Crippen molar-refractivity contribution in [2.75, 3.05) is 18.1 Å². The lowest BCUT2D eigenvalue weighted by Crippen LogP contribution is -2.32. The molecule has 51 valence electrons. The molecule has 2 fully saturated rings. The molecular weight excluding hydrogens is 130 g/mol. The van der Waals surface area contributed by atoms with Crippen molar-refractivity contribution in [1.29, 1.82) is 0 Å². The smallest absolute Gasteiger partial charge is 0.0365 e. The fourth-order valence-corrected chi connectivity index (χ4v) is 2.33. The maximum Gasteiger partial charge on any atom is 0.0365 e. The lowest BCUT2D eigenvalue weighted by Gasteiger charge is -2.20. The first-order valence-corrected chi connectivity index (χ1v) is 4.86. The Kier molecular flexibility index (Phi) is 1.68. The van der Waals surface area contributed by atoms with Crippen LogP contribution in [0.3, 0.4) is 0 Å². The van der Waals surface area contributed by atoms with Crippen molar-refractivity contribution in [3.8, 4) is 0 Å². The van der Waals surface area contributed by atoms with Gasteiger partial charge in [-0.2, -0.15) is 11.8 Å². The van der Waals surface area contributed by atoms with E-state index in [2.05, 4.69) is 17.1 Å². The molecule has 1 aliphatic heterocycles. The Bertz CT molecular complexity index is 95.1. The molecule has 1 radical (unpaired) electrons. The van der Waals surface area contributed by atoms with E-state index in [1.165, 1.54) is 24.3 Å². The van der Waals surface area contributed by atoms with E-state index in [1.807, 2.05) is 0 Å². The summed E-state index contributed by atoms with van der Waals surface area (Å²) < 4.78 is 0. The summed E-state index contributed by atoms with van der Waals surface area (Å²) in [5.74, 6) is 3.58. The molecule has 0 bridgehead atoms. The summed E-state index contributed by atoms with van der Waals surface area (Å²) in [4.78, 5) is 0. The molecule has 0 aromatic rings. The van der Waals surface area contributed by atoms with E-state index >= 15 is 0 Å². The van der Waals surface area contributed by atoms with E-state index in [1.54, 1.807) is 0 Å². The molecule has 1 nitrogen and oxygen atoms in total. The van der Waals surface area contributed by atoms with Gasteiger partial charge in [0.25, 0.3) is 0 Å². The Morgan fingerprint density at radius 1 is 1.33 bits per heavy atom. The first-order chi connectivity index (χ1) is 4.47. The molecule has 1 saturated heterocycles. The minimum atomic E-state index is 0.753. The van der Waals surface area contributed by atoms with Gasteiger partial charge in [0, 0.05) is 24.1 Å². The largest absolute Gasteiger partial charge is 0.236 e. The van der Waals surface area contributed by atoms with Crippen LogP contribution in [0.25, 0.3) is 0 Å². The van der Waals surface area contributed by atoms with E-state index in [0.29, 0.717) is 0 Å². The highest BCUT2D eigenvalue weighted by Crippen LogP contribution is 2.35. The van der Waals surface area contributed by atoms with Crippen molar-refractivity contribution in [2.45, 2.75) is 18.9 Å². The molecular formula is C7H12NS. The normalized spacial score (nSPS) is 36.7. The number of hydrogen-bond donors (Lipinski definition) is 0. The van der Waals surface area contributed by atoms with E-state index in [-0.39, 0.29) is 0 Å². The Labute approximate surface area is 60.6 Å². The first-order valence-electron chi connectivity index (χ1n) is 3.71. The van der Waals surface area contributed by atoms with Crippen molar-refractivity contribution in [2.24, 2.45) is 5.92 Å². The highest BCUT2D eigenvalue weighted by atomic mass is 32.2. The van der Waals surface area contributed by atoms with Gasteiger partial charge >= 0.3 is 0 Å². The van der Waals surface area contributed by atoms with E-state index in [9.17, 15) is 0 Å². The summed E-state index contributed by atoms with van der Waals surface area (Å²) in [6, 6.07) is 0.753. The molecule has 1 atom stereocenters. The standard InChI is InChI=1S/C7H12NS/c1-2-6(1)7-5-9-4-3-8-7/h6-7H,1-5H2. The average molecular weight is 142 g/mol. The highest BCUT2D eigenvalue weighted by molar-refractivity contribution is 7.99. The van der Waals surface area contributed by atoms with Gasteiger partial charge in [-0.3, -0.25) is 0 Å². The topological polar surface area (TPSA) is 14.1 Å². The number of rotatable bonds is 1. The average Bonchev–Trinajstić information content (AvgIpc) is 2.71.